The van der Waals surface area contributed by atoms with E-state index < -0.39 is 24.9 Å². The average molecular weight is 344 g/mol. The normalized spacial score (nSPS) is 18.5. The molecule has 6 nitrogen and oxygen atoms in total. The van der Waals surface area contributed by atoms with E-state index in [1.54, 1.807) is 6.20 Å². The highest BCUT2D eigenvalue weighted by Gasteiger charge is 2.30. The highest BCUT2D eigenvalue weighted by atomic mass is 19.4. The Balaban J connectivity index is 1.66. The van der Waals surface area contributed by atoms with Crippen LogP contribution in [0, 0.1) is 0 Å². The molecule has 0 unspecified atom stereocenters. The van der Waals surface area contributed by atoms with E-state index in [-0.39, 0.29) is 6.54 Å². The van der Waals surface area contributed by atoms with Crippen molar-refractivity contribution in [2.45, 2.75) is 32.0 Å². The molecule has 1 saturated heterocycles. The van der Waals surface area contributed by atoms with E-state index >= 15 is 0 Å². The number of amides is 1. The maximum absolute atomic E-state index is 12.3. The molecular weight excluding hydrogens is 325 g/mol. The summed E-state index contributed by atoms with van der Waals surface area (Å²) in [6.07, 6.45) is -3.59. The third kappa shape index (κ3) is 4.14. The van der Waals surface area contributed by atoms with Gasteiger partial charge in [0.05, 0.1) is 31.9 Å². The van der Waals surface area contributed by atoms with Crippen LogP contribution in [0.4, 0.5) is 19.1 Å². The number of morpholine rings is 1. The molecule has 3 rings (SSSR count). The van der Waals surface area contributed by atoms with E-state index in [2.05, 4.69) is 9.97 Å². The molecule has 0 bridgehead atoms. The lowest BCUT2D eigenvalue weighted by Gasteiger charge is -2.31. The molecule has 132 valence electrons. The molecule has 1 amide bonds. The molecule has 2 aliphatic rings. The van der Waals surface area contributed by atoms with Gasteiger partial charge in [-0.25, -0.2) is 9.97 Å². The Morgan fingerprint density at radius 1 is 1.25 bits per heavy atom. The maximum Gasteiger partial charge on any atom is 0.389 e. The van der Waals surface area contributed by atoms with Crippen molar-refractivity contribution in [3.63, 3.8) is 0 Å². The SMILES string of the molecule is O=C(CCC(F)(F)F)N1CCc2cnc(N3CCOCC3)nc2C1. The van der Waals surface area contributed by atoms with Crippen molar-refractivity contribution in [3.8, 4) is 0 Å². The van der Waals surface area contributed by atoms with E-state index in [1.807, 2.05) is 4.90 Å². The quantitative estimate of drug-likeness (QED) is 0.833. The zero-order chi connectivity index (χ0) is 17.2. The second kappa shape index (κ2) is 6.92. The second-order valence-corrected chi connectivity index (χ2v) is 5.92. The second-order valence-electron chi connectivity index (χ2n) is 5.92. The van der Waals surface area contributed by atoms with Gasteiger partial charge in [0.2, 0.25) is 11.9 Å². The molecule has 9 heteroatoms. The standard InChI is InChI=1S/C15H19F3N4O2/c16-15(17,18)3-1-13(23)22-4-2-11-9-19-14(20-12(11)10-22)21-5-7-24-8-6-21/h9H,1-8,10H2. The number of ether oxygens (including phenoxy) is 1. The zero-order valence-electron chi connectivity index (χ0n) is 13.2. The number of hydrogen-bond donors (Lipinski definition) is 0. The van der Waals surface area contributed by atoms with Crippen LogP contribution in [0.15, 0.2) is 6.20 Å². The fourth-order valence-electron chi connectivity index (χ4n) is 2.83. The van der Waals surface area contributed by atoms with Crippen LogP contribution in [-0.2, 0) is 22.5 Å². The summed E-state index contributed by atoms with van der Waals surface area (Å²) in [6, 6.07) is 0. The first-order valence-corrected chi connectivity index (χ1v) is 7.94. The van der Waals surface area contributed by atoms with Gasteiger partial charge < -0.3 is 14.5 Å². The molecule has 0 radical (unpaired) electrons. The molecule has 0 aromatic carbocycles. The van der Waals surface area contributed by atoms with Gasteiger partial charge in [0.15, 0.2) is 0 Å². The average Bonchev–Trinajstić information content (AvgIpc) is 2.59. The number of halogens is 3. The van der Waals surface area contributed by atoms with Gasteiger partial charge in [-0.3, -0.25) is 4.79 Å². The first-order valence-electron chi connectivity index (χ1n) is 7.94. The molecule has 0 saturated carbocycles. The number of nitrogens with zero attached hydrogens (tertiary/aromatic N) is 4. The van der Waals surface area contributed by atoms with Crippen LogP contribution in [0.1, 0.15) is 24.1 Å². The van der Waals surface area contributed by atoms with Gasteiger partial charge in [0.1, 0.15) is 0 Å². The Kier molecular flexibility index (Phi) is 4.88. The van der Waals surface area contributed by atoms with Gasteiger partial charge >= 0.3 is 6.18 Å². The van der Waals surface area contributed by atoms with Crippen molar-refractivity contribution in [2.75, 3.05) is 37.7 Å². The molecule has 0 aliphatic carbocycles. The third-order valence-electron chi connectivity index (χ3n) is 4.20. The van der Waals surface area contributed by atoms with Gasteiger partial charge in [-0.05, 0) is 12.0 Å². The number of aromatic nitrogens is 2. The number of rotatable bonds is 3. The molecule has 3 heterocycles. The lowest BCUT2D eigenvalue weighted by Crippen LogP contribution is -2.39. The predicted molar refractivity (Wildman–Crippen MR) is 79.5 cm³/mol. The third-order valence-corrected chi connectivity index (χ3v) is 4.20. The van der Waals surface area contributed by atoms with Crippen LogP contribution in [0.25, 0.3) is 0 Å². The minimum atomic E-state index is -4.31. The van der Waals surface area contributed by atoms with Gasteiger partial charge in [-0.15, -0.1) is 0 Å². The molecule has 0 atom stereocenters. The molecular formula is C15H19F3N4O2. The van der Waals surface area contributed by atoms with Crippen LogP contribution < -0.4 is 4.90 Å². The lowest BCUT2D eigenvalue weighted by molar-refractivity contribution is -0.149. The van der Waals surface area contributed by atoms with Crippen LogP contribution in [-0.4, -0.2) is 59.8 Å². The highest BCUT2D eigenvalue weighted by Crippen LogP contribution is 2.24. The Labute approximate surface area is 137 Å². The van der Waals surface area contributed by atoms with E-state index in [4.69, 9.17) is 4.74 Å². The minimum absolute atomic E-state index is 0.242. The first-order chi connectivity index (χ1) is 11.4. The van der Waals surface area contributed by atoms with Crippen LogP contribution in [0.2, 0.25) is 0 Å². The van der Waals surface area contributed by atoms with Crippen molar-refractivity contribution < 1.29 is 22.7 Å². The summed E-state index contributed by atoms with van der Waals surface area (Å²) in [4.78, 5) is 24.3. The molecule has 1 fully saturated rings. The summed E-state index contributed by atoms with van der Waals surface area (Å²) in [5.41, 5.74) is 1.67. The molecule has 0 N–H and O–H groups in total. The minimum Gasteiger partial charge on any atom is -0.378 e. The molecule has 0 spiro atoms. The Morgan fingerprint density at radius 2 is 2.00 bits per heavy atom. The Bertz CT molecular complexity index is 603. The Hall–Kier alpha value is -1.90. The van der Waals surface area contributed by atoms with Gasteiger partial charge in [-0.2, -0.15) is 13.2 Å². The number of fused-ring (bicyclic) bond motifs is 1. The van der Waals surface area contributed by atoms with Crippen LogP contribution in [0.5, 0.6) is 0 Å². The number of hydrogen-bond acceptors (Lipinski definition) is 5. The van der Waals surface area contributed by atoms with Crippen molar-refractivity contribution in [1.29, 1.82) is 0 Å². The molecule has 1 aromatic rings. The van der Waals surface area contributed by atoms with Gasteiger partial charge in [0.25, 0.3) is 0 Å². The number of carbonyl (C=O) groups is 1. The predicted octanol–water partition coefficient (Wildman–Crippen LogP) is 1.54. The molecule has 2 aliphatic heterocycles. The van der Waals surface area contributed by atoms with Crippen LogP contribution in [0.3, 0.4) is 0 Å². The van der Waals surface area contributed by atoms with Crippen molar-refractivity contribution >= 4 is 11.9 Å². The van der Waals surface area contributed by atoms with Gasteiger partial charge in [0, 0.05) is 32.3 Å². The molecule has 24 heavy (non-hydrogen) atoms. The van der Waals surface area contributed by atoms with Crippen molar-refractivity contribution in [3.05, 3.63) is 17.5 Å². The fourth-order valence-corrected chi connectivity index (χ4v) is 2.83. The topological polar surface area (TPSA) is 58.6 Å². The van der Waals surface area contributed by atoms with E-state index in [0.29, 0.717) is 45.2 Å². The van der Waals surface area contributed by atoms with E-state index in [0.717, 1.165) is 11.3 Å². The smallest absolute Gasteiger partial charge is 0.378 e. The maximum atomic E-state index is 12.3. The fraction of sp³-hybridized carbons (Fsp3) is 0.667. The lowest BCUT2D eigenvalue weighted by atomic mass is 10.1. The zero-order valence-corrected chi connectivity index (χ0v) is 13.2. The van der Waals surface area contributed by atoms with Crippen molar-refractivity contribution in [1.82, 2.24) is 14.9 Å². The number of carbonyl (C=O) groups excluding carboxylic acids is 1. The van der Waals surface area contributed by atoms with E-state index in [9.17, 15) is 18.0 Å². The van der Waals surface area contributed by atoms with Gasteiger partial charge in [-0.1, -0.05) is 0 Å². The summed E-state index contributed by atoms with van der Waals surface area (Å²) in [7, 11) is 0. The summed E-state index contributed by atoms with van der Waals surface area (Å²) in [5, 5.41) is 0. The monoisotopic (exact) mass is 344 g/mol. The Morgan fingerprint density at radius 3 is 2.71 bits per heavy atom. The number of alkyl halides is 3. The van der Waals surface area contributed by atoms with Crippen LogP contribution >= 0.6 is 0 Å². The summed E-state index contributed by atoms with van der Waals surface area (Å²) in [5.74, 6) is 0.103. The summed E-state index contributed by atoms with van der Waals surface area (Å²) < 4.78 is 42.1. The summed E-state index contributed by atoms with van der Waals surface area (Å²) in [6.45, 7) is 3.28. The van der Waals surface area contributed by atoms with E-state index in [1.165, 1.54) is 4.90 Å². The first kappa shape index (κ1) is 16.9. The number of anilines is 1. The largest absolute Gasteiger partial charge is 0.389 e. The van der Waals surface area contributed by atoms with Crippen molar-refractivity contribution in [2.24, 2.45) is 0 Å². The molecule has 1 aromatic heterocycles. The summed E-state index contributed by atoms with van der Waals surface area (Å²) >= 11 is 0. The highest BCUT2D eigenvalue weighted by molar-refractivity contribution is 5.76.